The maximum Gasteiger partial charge on any atom is 0.434 e. The van der Waals surface area contributed by atoms with E-state index in [1.165, 1.54) is 25.8 Å². The van der Waals surface area contributed by atoms with Crippen LogP contribution in [0.5, 0.6) is 11.8 Å². The fourth-order valence-corrected chi connectivity index (χ4v) is 5.01. The summed E-state index contributed by atoms with van der Waals surface area (Å²) < 4.78 is 59.5. The number of nitrogens with zero attached hydrogens (tertiary/aromatic N) is 7. The molecule has 1 aliphatic rings. The average molecular weight is 595 g/mol. The van der Waals surface area contributed by atoms with E-state index in [0.29, 0.717) is 58.8 Å². The maximum atomic E-state index is 13.1. The maximum absolute atomic E-state index is 13.1. The summed E-state index contributed by atoms with van der Waals surface area (Å²) in [5, 5.41) is 3.36. The zero-order valence-corrected chi connectivity index (χ0v) is 23.7. The molecule has 0 spiro atoms. The van der Waals surface area contributed by atoms with Gasteiger partial charge >= 0.3 is 6.18 Å². The Balaban J connectivity index is 1.33. The fourth-order valence-electron chi connectivity index (χ4n) is 5.01. The minimum absolute atomic E-state index is 0.193. The first-order valence-electron chi connectivity index (χ1n) is 13.6. The summed E-state index contributed by atoms with van der Waals surface area (Å²) in [6, 6.07) is 10.6. The van der Waals surface area contributed by atoms with Crippen molar-refractivity contribution in [2.75, 3.05) is 26.1 Å². The molecule has 1 saturated heterocycles. The number of halogens is 3. The second-order valence-electron chi connectivity index (χ2n) is 10.1. The molecule has 6 rings (SSSR count). The van der Waals surface area contributed by atoms with Crippen molar-refractivity contribution in [3.8, 4) is 34.5 Å². The highest BCUT2D eigenvalue weighted by Crippen LogP contribution is 2.34. The van der Waals surface area contributed by atoms with E-state index in [0.717, 1.165) is 31.0 Å². The summed E-state index contributed by atoms with van der Waals surface area (Å²) in [6.07, 6.45) is 0.875. The highest BCUT2D eigenvalue weighted by molar-refractivity contribution is 5.85. The highest BCUT2D eigenvalue weighted by Gasteiger charge is 2.34. The average Bonchev–Trinajstić information content (AvgIpc) is 3.64. The zero-order valence-electron chi connectivity index (χ0n) is 23.7. The number of hydrogen-bond acceptors (Lipinski definition) is 9. The van der Waals surface area contributed by atoms with Gasteiger partial charge in [-0.2, -0.15) is 18.2 Å². The van der Waals surface area contributed by atoms with Crippen LogP contribution in [0.2, 0.25) is 0 Å². The first-order chi connectivity index (χ1) is 20.7. The molecule has 5 heterocycles. The lowest BCUT2D eigenvalue weighted by molar-refractivity contribution is -0.140. The van der Waals surface area contributed by atoms with Crippen molar-refractivity contribution in [3.05, 3.63) is 60.2 Å². The van der Waals surface area contributed by atoms with Gasteiger partial charge in [-0.15, -0.1) is 0 Å². The van der Waals surface area contributed by atoms with Gasteiger partial charge in [-0.25, -0.2) is 19.9 Å². The third kappa shape index (κ3) is 5.69. The monoisotopic (exact) mass is 594 g/mol. The summed E-state index contributed by atoms with van der Waals surface area (Å²) in [4.78, 5) is 22.4. The van der Waals surface area contributed by atoms with Crippen molar-refractivity contribution in [2.24, 2.45) is 7.05 Å². The predicted molar refractivity (Wildman–Crippen MR) is 151 cm³/mol. The third-order valence-electron chi connectivity index (χ3n) is 7.20. The summed E-state index contributed by atoms with van der Waals surface area (Å²) in [6.45, 7) is 1.03. The summed E-state index contributed by atoms with van der Waals surface area (Å²) in [5.41, 5.74) is 2.26. The summed E-state index contributed by atoms with van der Waals surface area (Å²) in [7, 11) is 4.58. The van der Waals surface area contributed by atoms with Crippen LogP contribution >= 0.6 is 0 Å². The van der Waals surface area contributed by atoms with Crippen LogP contribution in [0.15, 0.2) is 48.9 Å². The Labute approximate surface area is 244 Å². The van der Waals surface area contributed by atoms with Crippen LogP contribution in [0.25, 0.3) is 33.9 Å². The van der Waals surface area contributed by atoms with Crippen LogP contribution in [0.4, 0.5) is 19.0 Å². The minimum Gasteiger partial charge on any atom is -0.481 e. The number of methoxy groups -OCH3 is 2. The predicted octanol–water partition coefficient (Wildman–Crippen LogP) is 5.64. The first kappa shape index (κ1) is 28.4. The lowest BCUT2D eigenvalue weighted by Crippen LogP contribution is -2.18. The van der Waals surface area contributed by atoms with Crippen molar-refractivity contribution in [3.63, 3.8) is 0 Å². The number of anilines is 1. The van der Waals surface area contributed by atoms with E-state index < -0.39 is 11.9 Å². The van der Waals surface area contributed by atoms with Crippen LogP contribution in [0, 0.1) is 0 Å². The van der Waals surface area contributed by atoms with Gasteiger partial charge in [0.2, 0.25) is 11.8 Å². The lowest BCUT2D eigenvalue weighted by Gasteiger charge is -2.24. The number of nitrogens with one attached hydrogen (secondary N) is 1. The molecule has 0 aliphatic carbocycles. The summed E-state index contributed by atoms with van der Waals surface area (Å²) in [5.74, 6) is 1.81. The Morgan fingerprint density at radius 1 is 1.00 bits per heavy atom. The van der Waals surface area contributed by atoms with Gasteiger partial charge in [-0.05, 0) is 30.9 Å². The van der Waals surface area contributed by atoms with Gasteiger partial charge in [0.1, 0.15) is 12.1 Å². The van der Waals surface area contributed by atoms with Gasteiger partial charge < -0.3 is 24.1 Å². The molecule has 11 nitrogen and oxygen atoms in total. The molecule has 4 aromatic heterocycles. The zero-order chi connectivity index (χ0) is 30.1. The van der Waals surface area contributed by atoms with E-state index in [9.17, 15) is 13.2 Å². The largest absolute Gasteiger partial charge is 0.481 e. The Morgan fingerprint density at radius 2 is 1.81 bits per heavy atom. The lowest BCUT2D eigenvalue weighted by atomic mass is 10.1. The van der Waals surface area contributed by atoms with Crippen LogP contribution in [-0.2, 0) is 24.5 Å². The molecule has 1 aliphatic heterocycles. The number of alkyl halides is 3. The van der Waals surface area contributed by atoms with Gasteiger partial charge in [0, 0.05) is 38.0 Å². The first-order valence-corrected chi connectivity index (χ1v) is 13.6. The second-order valence-corrected chi connectivity index (χ2v) is 10.1. The van der Waals surface area contributed by atoms with Crippen molar-refractivity contribution in [1.82, 2.24) is 34.1 Å². The van der Waals surface area contributed by atoms with Gasteiger partial charge in [-0.1, -0.05) is 24.3 Å². The van der Waals surface area contributed by atoms with E-state index in [1.807, 2.05) is 16.7 Å². The van der Waals surface area contributed by atoms with Crippen LogP contribution in [0.1, 0.15) is 36.7 Å². The third-order valence-corrected chi connectivity index (χ3v) is 7.20. The smallest absolute Gasteiger partial charge is 0.434 e. The van der Waals surface area contributed by atoms with Crippen molar-refractivity contribution in [1.29, 1.82) is 0 Å². The molecular weight excluding hydrogens is 565 g/mol. The Kier molecular flexibility index (Phi) is 7.61. The molecule has 1 atom stereocenters. The van der Waals surface area contributed by atoms with Crippen molar-refractivity contribution in [2.45, 2.75) is 38.2 Å². The number of pyridine rings is 1. The Hall–Kier alpha value is -4.72. The minimum atomic E-state index is -4.51. The standard InChI is InChI=1S/C29H29F3N8O3/c1-39-15-20(29(30,31)32)35-26(39)18-9-7-17(8-10-18)14-33-25-23-27(40(16-34-23)22-6-4-5-13-43-22)38-24(37-25)19-11-12-21(41-2)36-28(19)42-3/h7-12,15-16,22H,4-6,13-14H2,1-3H3,(H,33,37,38). The molecule has 1 aromatic carbocycles. The quantitative estimate of drug-likeness (QED) is 0.244. The number of aromatic nitrogens is 7. The number of hydrogen-bond donors (Lipinski definition) is 1. The van der Waals surface area contributed by atoms with Crippen molar-refractivity contribution < 1.29 is 27.4 Å². The molecule has 224 valence electrons. The van der Waals surface area contributed by atoms with E-state index in [4.69, 9.17) is 24.2 Å². The Morgan fingerprint density at radius 3 is 2.49 bits per heavy atom. The number of fused-ring (bicyclic) bond motifs is 1. The molecule has 1 N–H and O–H groups in total. The molecule has 0 bridgehead atoms. The molecule has 1 unspecified atom stereocenters. The van der Waals surface area contributed by atoms with E-state index in [2.05, 4.69) is 20.3 Å². The number of imidazole rings is 2. The molecule has 43 heavy (non-hydrogen) atoms. The molecular formula is C29H29F3N8O3. The molecule has 0 radical (unpaired) electrons. The van der Waals surface area contributed by atoms with Gasteiger partial charge in [0.15, 0.2) is 28.5 Å². The molecule has 0 amide bonds. The van der Waals surface area contributed by atoms with Crippen LogP contribution in [-0.4, -0.2) is 54.9 Å². The summed E-state index contributed by atoms with van der Waals surface area (Å²) >= 11 is 0. The normalized spacial score (nSPS) is 15.5. The van der Waals surface area contributed by atoms with Crippen LogP contribution in [0.3, 0.4) is 0 Å². The van der Waals surface area contributed by atoms with Gasteiger partial charge in [0.05, 0.1) is 26.1 Å². The molecule has 0 saturated carbocycles. The van der Waals surface area contributed by atoms with Gasteiger partial charge in [0.25, 0.3) is 0 Å². The number of rotatable bonds is 8. The molecule has 5 aromatic rings. The SMILES string of the molecule is COc1ccc(-c2nc(NCc3ccc(-c4nc(C(F)(F)F)cn4C)cc3)c3ncn(C4CCCCO4)c3n2)c(OC)n1. The Bertz CT molecular complexity index is 1740. The number of ether oxygens (including phenoxy) is 3. The van der Waals surface area contributed by atoms with E-state index >= 15 is 0 Å². The van der Waals surface area contributed by atoms with E-state index in [1.54, 1.807) is 30.6 Å². The molecule has 1 fully saturated rings. The number of aryl methyl sites for hydroxylation is 1. The fraction of sp³-hybridized carbons (Fsp3) is 0.345. The van der Waals surface area contributed by atoms with Gasteiger partial charge in [-0.3, -0.25) is 4.57 Å². The van der Waals surface area contributed by atoms with Crippen LogP contribution < -0.4 is 14.8 Å². The van der Waals surface area contributed by atoms with Crippen molar-refractivity contribution >= 4 is 17.0 Å². The second kappa shape index (κ2) is 11.5. The van der Waals surface area contributed by atoms with E-state index in [-0.39, 0.29) is 12.1 Å². The number of benzene rings is 1. The molecule has 14 heteroatoms. The topological polar surface area (TPSA) is 114 Å². The highest BCUT2D eigenvalue weighted by atomic mass is 19.4.